The summed E-state index contributed by atoms with van der Waals surface area (Å²) in [5.74, 6) is 1.48. The molecular formula is C12H18O2. The van der Waals surface area contributed by atoms with Crippen LogP contribution in [0, 0.1) is 17.8 Å². The lowest BCUT2D eigenvalue weighted by molar-refractivity contribution is -0.125. The van der Waals surface area contributed by atoms with E-state index in [1.807, 2.05) is 6.92 Å². The molecule has 0 saturated heterocycles. The zero-order chi connectivity index (χ0) is 10.1. The summed E-state index contributed by atoms with van der Waals surface area (Å²) in [6.07, 6.45) is 5.72. The molecule has 2 aliphatic carbocycles. The van der Waals surface area contributed by atoms with Gasteiger partial charge in [-0.15, -0.1) is 0 Å². The predicted octanol–water partition coefficient (Wildman–Crippen LogP) is 2.36. The summed E-state index contributed by atoms with van der Waals surface area (Å²) in [4.78, 5) is 23.1. The largest absolute Gasteiger partial charge is 0.299 e. The predicted molar refractivity (Wildman–Crippen MR) is 53.9 cm³/mol. The van der Waals surface area contributed by atoms with Gasteiger partial charge in [-0.25, -0.2) is 0 Å². The van der Waals surface area contributed by atoms with Gasteiger partial charge < -0.3 is 0 Å². The van der Waals surface area contributed by atoms with Crippen LogP contribution in [-0.4, -0.2) is 11.6 Å². The number of Topliss-reactive ketones (excluding diaryl/α,β-unsaturated/α-hetero) is 2. The molecule has 0 aromatic rings. The minimum absolute atomic E-state index is 0.206. The maximum Gasteiger partial charge on any atom is 0.138 e. The van der Waals surface area contributed by atoms with E-state index in [-0.39, 0.29) is 17.8 Å². The minimum Gasteiger partial charge on any atom is -0.299 e. The molecule has 2 rings (SSSR count). The normalized spacial score (nSPS) is 38.2. The van der Waals surface area contributed by atoms with Gasteiger partial charge in [0.25, 0.3) is 0 Å². The fourth-order valence-corrected chi connectivity index (χ4v) is 2.85. The number of hydrogen-bond donors (Lipinski definition) is 0. The van der Waals surface area contributed by atoms with Gasteiger partial charge in [0.15, 0.2) is 0 Å². The SMILES string of the molecule is CC1CCC(CC2CCCC2=O)C1=O. The Morgan fingerprint density at radius 1 is 1.14 bits per heavy atom. The van der Waals surface area contributed by atoms with Crippen molar-refractivity contribution < 1.29 is 9.59 Å². The zero-order valence-corrected chi connectivity index (χ0v) is 8.79. The van der Waals surface area contributed by atoms with Gasteiger partial charge in [-0.3, -0.25) is 9.59 Å². The van der Waals surface area contributed by atoms with Gasteiger partial charge in [0, 0.05) is 24.2 Å². The molecule has 3 unspecified atom stereocenters. The smallest absolute Gasteiger partial charge is 0.138 e. The highest BCUT2D eigenvalue weighted by atomic mass is 16.1. The van der Waals surface area contributed by atoms with Crippen molar-refractivity contribution in [2.24, 2.45) is 17.8 Å². The molecule has 0 N–H and O–H groups in total. The molecule has 0 aromatic carbocycles. The van der Waals surface area contributed by atoms with E-state index in [0.717, 1.165) is 38.5 Å². The van der Waals surface area contributed by atoms with Crippen molar-refractivity contribution in [2.75, 3.05) is 0 Å². The van der Waals surface area contributed by atoms with E-state index in [1.54, 1.807) is 0 Å². The van der Waals surface area contributed by atoms with Crippen LogP contribution >= 0.6 is 0 Å². The molecule has 2 fully saturated rings. The molecule has 0 bridgehead atoms. The summed E-state index contributed by atoms with van der Waals surface area (Å²) < 4.78 is 0. The summed E-state index contributed by atoms with van der Waals surface area (Å²) in [5.41, 5.74) is 0. The van der Waals surface area contributed by atoms with Crippen molar-refractivity contribution in [1.82, 2.24) is 0 Å². The van der Waals surface area contributed by atoms with Gasteiger partial charge in [-0.05, 0) is 32.1 Å². The van der Waals surface area contributed by atoms with E-state index in [0.29, 0.717) is 11.6 Å². The van der Waals surface area contributed by atoms with Gasteiger partial charge in [-0.2, -0.15) is 0 Å². The maximum absolute atomic E-state index is 11.7. The molecule has 2 nitrogen and oxygen atoms in total. The van der Waals surface area contributed by atoms with Crippen LogP contribution in [0.25, 0.3) is 0 Å². The molecule has 3 atom stereocenters. The molecule has 2 heteroatoms. The van der Waals surface area contributed by atoms with Crippen LogP contribution in [0.3, 0.4) is 0 Å². The molecule has 2 aliphatic rings. The maximum atomic E-state index is 11.7. The molecule has 2 saturated carbocycles. The number of carbonyl (C=O) groups is 2. The Hall–Kier alpha value is -0.660. The second-order valence-electron chi connectivity index (χ2n) is 4.87. The van der Waals surface area contributed by atoms with Crippen LogP contribution in [0.15, 0.2) is 0 Å². The highest BCUT2D eigenvalue weighted by Crippen LogP contribution is 2.35. The second kappa shape index (κ2) is 3.84. The van der Waals surface area contributed by atoms with Crippen LogP contribution in [0.4, 0.5) is 0 Å². The lowest BCUT2D eigenvalue weighted by Crippen LogP contribution is -2.18. The van der Waals surface area contributed by atoms with E-state index >= 15 is 0 Å². The Morgan fingerprint density at radius 3 is 2.43 bits per heavy atom. The highest BCUT2D eigenvalue weighted by Gasteiger charge is 2.35. The first-order valence-electron chi connectivity index (χ1n) is 5.75. The molecule has 0 radical (unpaired) electrons. The number of hydrogen-bond acceptors (Lipinski definition) is 2. The summed E-state index contributed by atoms with van der Waals surface area (Å²) in [6, 6.07) is 0. The summed E-state index contributed by atoms with van der Waals surface area (Å²) in [6.45, 7) is 2.01. The molecule has 0 aliphatic heterocycles. The molecule has 0 spiro atoms. The third-order valence-corrected chi connectivity index (χ3v) is 3.84. The first kappa shape index (κ1) is 9.88. The second-order valence-corrected chi connectivity index (χ2v) is 4.87. The topological polar surface area (TPSA) is 34.1 Å². The third kappa shape index (κ3) is 1.75. The fourth-order valence-electron chi connectivity index (χ4n) is 2.85. The Balaban J connectivity index is 1.91. The van der Waals surface area contributed by atoms with Gasteiger partial charge in [0.2, 0.25) is 0 Å². The average molecular weight is 194 g/mol. The first-order chi connectivity index (χ1) is 6.68. The molecular weight excluding hydrogens is 176 g/mol. The molecule has 0 aromatic heterocycles. The minimum atomic E-state index is 0.206. The Labute approximate surface area is 85.1 Å². The van der Waals surface area contributed by atoms with Gasteiger partial charge >= 0.3 is 0 Å². The van der Waals surface area contributed by atoms with Crippen molar-refractivity contribution in [3.05, 3.63) is 0 Å². The fraction of sp³-hybridized carbons (Fsp3) is 0.833. The highest BCUT2D eigenvalue weighted by molar-refractivity contribution is 5.87. The van der Waals surface area contributed by atoms with Crippen LogP contribution < -0.4 is 0 Å². The summed E-state index contributed by atoms with van der Waals surface area (Å²) >= 11 is 0. The van der Waals surface area contributed by atoms with Crippen molar-refractivity contribution in [2.45, 2.75) is 45.4 Å². The van der Waals surface area contributed by atoms with Gasteiger partial charge in [-0.1, -0.05) is 6.92 Å². The van der Waals surface area contributed by atoms with E-state index < -0.39 is 0 Å². The van der Waals surface area contributed by atoms with Crippen LogP contribution in [0.2, 0.25) is 0 Å². The van der Waals surface area contributed by atoms with Crippen molar-refractivity contribution in [1.29, 1.82) is 0 Å². The van der Waals surface area contributed by atoms with Crippen LogP contribution in [0.1, 0.15) is 45.4 Å². The molecule has 78 valence electrons. The van der Waals surface area contributed by atoms with E-state index in [1.165, 1.54) is 0 Å². The van der Waals surface area contributed by atoms with E-state index in [9.17, 15) is 9.59 Å². The monoisotopic (exact) mass is 194 g/mol. The van der Waals surface area contributed by atoms with Crippen LogP contribution in [-0.2, 0) is 9.59 Å². The number of carbonyl (C=O) groups excluding carboxylic acids is 2. The third-order valence-electron chi connectivity index (χ3n) is 3.84. The molecule has 0 amide bonds. The van der Waals surface area contributed by atoms with Gasteiger partial charge in [0.05, 0.1) is 0 Å². The molecule has 14 heavy (non-hydrogen) atoms. The van der Waals surface area contributed by atoms with Crippen molar-refractivity contribution in [3.8, 4) is 0 Å². The Bertz CT molecular complexity index is 257. The van der Waals surface area contributed by atoms with Crippen LogP contribution in [0.5, 0.6) is 0 Å². The summed E-state index contributed by atoms with van der Waals surface area (Å²) in [5, 5.41) is 0. The lowest BCUT2D eigenvalue weighted by atomic mass is 9.90. The van der Waals surface area contributed by atoms with E-state index in [4.69, 9.17) is 0 Å². The molecule has 0 heterocycles. The first-order valence-corrected chi connectivity index (χ1v) is 5.75. The van der Waals surface area contributed by atoms with E-state index in [2.05, 4.69) is 0 Å². The Kier molecular flexibility index (Phi) is 2.71. The quantitative estimate of drug-likeness (QED) is 0.676. The van der Waals surface area contributed by atoms with Crippen molar-refractivity contribution in [3.63, 3.8) is 0 Å². The van der Waals surface area contributed by atoms with Gasteiger partial charge in [0.1, 0.15) is 11.6 Å². The van der Waals surface area contributed by atoms with Crippen molar-refractivity contribution >= 4 is 11.6 Å². The Morgan fingerprint density at radius 2 is 1.93 bits per heavy atom. The number of rotatable bonds is 2. The summed E-state index contributed by atoms with van der Waals surface area (Å²) in [7, 11) is 0. The lowest BCUT2D eigenvalue weighted by Gasteiger charge is -2.12. The number of ketones is 2. The standard InChI is InChI=1S/C12H18O2/c1-8-5-6-10(12(8)14)7-9-3-2-4-11(9)13/h8-10H,2-7H2,1H3. The zero-order valence-electron chi connectivity index (χ0n) is 8.79. The average Bonchev–Trinajstić information content (AvgIpc) is 2.68.